The van der Waals surface area contributed by atoms with Crippen molar-refractivity contribution in [3.8, 4) is 0 Å². The minimum absolute atomic E-state index is 0.477. The zero-order valence-electron chi connectivity index (χ0n) is 8.67. The van der Waals surface area contributed by atoms with Crippen molar-refractivity contribution in [2.75, 3.05) is 0 Å². The summed E-state index contributed by atoms with van der Waals surface area (Å²) in [7, 11) is 0. The number of rotatable bonds is 2. The first kappa shape index (κ1) is 12.5. The molecule has 0 saturated heterocycles. The van der Waals surface area contributed by atoms with E-state index in [1.165, 1.54) is 13.8 Å². The zero-order chi connectivity index (χ0) is 12.6. The van der Waals surface area contributed by atoms with Crippen LogP contribution in [0.2, 0.25) is 0 Å². The molecule has 0 aliphatic carbocycles. The molecule has 0 radical (unpaired) electrons. The largest absolute Gasteiger partial charge is 0.481 e. The Morgan fingerprint density at radius 3 is 2.38 bits per heavy atom. The van der Waals surface area contributed by atoms with E-state index in [0.29, 0.717) is 0 Å². The number of aliphatic carboxylic acids is 1. The van der Waals surface area contributed by atoms with Gasteiger partial charge in [-0.05, 0) is 26.0 Å². The lowest BCUT2D eigenvalue weighted by molar-refractivity contribution is -0.145. The molecule has 0 unspecified atom stereocenters. The summed E-state index contributed by atoms with van der Waals surface area (Å²) in [5, 5.41) is 8.88. The summed E-state index contributed by atoms with van der Waals surface area (Å²) in [6.45, 7) is 2.37. The van der Waals surface area contributed by atoms with E-state index in [0.717, 1.165) is 18.3 Å². The Bertz CT molecular complexity index is 413. The van der Waals surface area contributed by atoms with Gasteiger partial charge in [0, 0.05) is 6.20 Å². The number of carboxylic acid groups (broad SMARTS) is 1. The van der Waals surface area contributed by atoms with Gasteiger partial charge in [0.25, 0.3) is 0 Å². The van der Waals surface area contributed by atoms with Crippen LogP contribution in [0.1, 0.15) is 25.1 Å². The second-order valence-corrected chi connectivity index (χ2v) is 3.83. The van der Waals surface area contributed by atoms with Crippen molar-refractivity contribution in [2.45, 2.75) is 25.4 Å². The summed E-state index contributed by atoms with van der Waals surface area (Å²) >= 11 is 0. The first-order chi connectivity index (χ1) is 7.17. The number of carbonyl (C=O) groups is 1. The van der Waals surface area contributed by atoms with Crippen LogP contribution in [-0.2, 0) is 16.4 Å². The van der Waals surface area contributed by atoms with Gasteiger partial charge < -0.3 is 5.11 Å². The summed E-state index contributed by atoms with van der Waals surface area (Å²) in [6, 6.07) is 1.96. The molecule has 16 heavy (non-hydrogen) atoms. The monoisotopic (exact) mass is 233 g/mol. The van der Waals surface area contributed by atoms with Crippen LogP contribution in [0.3, 0.4) is 0 Å². The van der Waals surface area contributed by atoms with Gasteiger partial charge in [-0.1, -0.05) is 0 Å². The van der Waals surface area contributed by atoms with Crippen LogP contribution in [0.5, 0.6) is 0 Å². The molecule has 0 amide bonds. The van der Waals surface area contributed by atoms with Crippen molar-refractivity contribution in [3.05, 3.63) is 29.6 Å². The number of nitrogens with zero attached hydrogens (tertiary/aromatic N) is 1. The predicted octanol–water partition coefficient (Wildman–Crippen LogP) is 2.46. The van der Waals surface area contributed by atoms with Crippen molar-refractivity contribution in [2.24, 2.45) is 0 Å². The second-order valence-electron chi connectivity index (χ2n) is 3.83. The minimum Gasteiger partial charge on any atom is -0.481 e. The van der Waals surface area contributed by atoms with Crippen LogP contribution in [-0.4, -0.2) is 16.1 Å². The fraction of sp³-hybridized carbons (Fsp3) is 0.400. The van der Waals surface area contributed by atoms with Gasteiger partial charge in [0.1, 0.15) is 5.41 Å². The number of alkyl halides is 3. The summed E-state index contributed by atoms with van der Waals surface area (Å²) in [5.41, 5.74) is -3.16. The van der Waals surface area contributed by atoms with Gasteiger partial charge in [-0.15, -0.1) is 0 Å². The Hall–Kier alpha value is -1.59. The molecule has 0 atom stereocenters. The second kappa shape index (κ2) is 3.77. The van der Waals surface area contributed by atoms with Gasteiger partial charge in [0.2, 0.25) is 0 Å². The van der Waals surface area contributed by atoms with Gasteiger partial charge in [-0.2, -0.15) is 13.2 Å². The molecule has 0 bridgehead atoms. The molecule has 0 fully saturated rings. The van der Waals surface area contributed by atoms with Crippen molar-refractivity contribution in [1.82, 2.24) is 4.98 Å². The Morgan fingerprint density at radius 1 is 1.38 bits per heavy atom. The van der Waals surface area contributed by atoms with Crippen LogP contribution in [0.15, 0.2) is 18.3 Å². The average Bonchev–Trinajstić information content (AvgIpc) is 2.16. The normalized spacial score (nSPS) is 12.6. The average molecular weight is 233 g/mol. The van der Waals surface area contributed by atoms with Crippen molar-refractivity contribution < 1.29 is 23.1 Å². The van der Waals surface area contributed by atoms with E-state index >= 15 is 0 Å². The van der Waals surface area contributed by atoms with Crippen LogP contribution in [0.25, 0.3) is 0 Å². The van der Waals surface area contributed by atoms with Crippen LogP contribution in [0.4, 0.5) is 13.2 Å². The molecule has 1 heterocycles. The molecule has 0 aliphatic rings. The molecule has 1 rings (SSSR count). The molecule has 1 aromatic rings. The Morgan fingerprint density at radius 2 is 1.94 bits per heavy atom. The van der Waals surface area contributed by atoms with Crippen molar-refractivity contribution in [3.63, 3.8) is 0 Å². The molecule has 1 N–H and O–H groups in total. The van der Waals surface area contributed by atoms with E-state index in [2.05, 4.69) is 4.98 Å². The summed E-state index contributed by atoms with van der Waals surface area (Å²) < 4.78 is 37.8. The molecule has 0 aromatic carbocycles. The van der Waals surface area contributed by atoms with Crippen LogP contribution in [0, 0.1) is 0 Å². The maximum atomic E-state index is 12.6. The van der Waals surface area contributed by atoms with E-state index in [1.807, 2.05) is 0 Å². The fourth-order valence-electron chi connectivity index (χ4n) is 1.23. The highest BCUT2D eigenvalue weighted by atomic mass is 19.4. The molecule has 1 aromatic heterocycles. The molecule has 6 heteroatoms. The minimum atomic E-state index is -4.60. The lowest BCUT2D eigenvalue weighted by atomic mass is 9.86. The maximum absolute atomic E-state index is 12.6. The summed E-state index contributed by atoms with van der Waals surface area (Å²) in [6.07, 6.45) is -3.45. The third-order valence-electron chi connectivity index (χ3n) is 2.24. The van der Waals surface area contributed by atoms with Gasteiger partial charge >= 0.3 is 12.1 Å². The number of halogens is 3. The third-order valence-corrected chi connectivity index (χ3v) is 2.24. The smallest absolute Gasteiger partial charge is 0.418 e. The Labute approximate surface area is 89.9 Å². The molecule has 0 aliphatic heterocycles. The summed E-state index contributed by atoms with van der Waals surface area (Å²) in [5.74, 6) is -1.35. The lowest BCUT2D eigenvalue weighted by Gasteiger charge is -2.22. The van der Waals surface area contributed by atoms with E-state index < -0.39 is 28.8 Å². The molecule has 88 valence electrons. The number of aromatic nitrogens is 1. The lowest BCUT2D eigenvalue weighted by Crippen LogP contribution is -2.32. The fourth-order valence-corrected chi connectivity index (χ4v) is 1.23. The number of hydrogen-bond acceptors (Lipinski definition) is 2. The number of pyridine rings is 1. The van der Waals surface area contributed by atoms with Gasteiger partial charge in [0.15, 0.2) is 0 Å². The van der Waals surface area contributed by atoms with Gasteiger partial charge in [-0.25, -0.2) is 0 Å². The van der Waals surface area contributed by atoms with E-state index in [-0.39, 0.29) is 0 Å². The third kappa shape index (κ3) is 2.15. The van der Waals surface area contributed by atoms with Crippen molar-refractivity contribution >= 4 is 5.97 Å². The Kier molecular flexibility index (Phi) is 2.94. The van der Waals surface area contributed by atoms with Crippen molar-refractivity contribution in [1.29, 1.82) is 0 Å². The maximum Gasteiger partial charge on any atom is 0.418 e. The predicted molar refractivity (Wildman–Crippen MR) is 49.9 cm³/mol. The first-order valence-corrected chi connectivity index (χ1v) is 4.43. The quantitative estimate of drug-likeness (QED) is 0.853. The highest BCUT2D eigenvalue weighted by Crippen LogP contribution is 2.36. The highest BCUT2D eigenvalue weighted by molar-refractivity contribution is 5.80. The van der Waals surface area contributed by atoms with E-state index in [4.69, 9.17) is 5.11 Å². The zero-order valence-corrected chi connectivity index (χ0v) is 8.67. The van der Waals surface area contributed by atoms with Gasteiger partial charge in [0.05, 0.1) is 11.3 Å². The van der Waals surface area contributed by atoms with Crippen LogP contribution < -0.4 is 0 Å². The summed E-state index contributed by atoms with van der Waals surface area (Å²) in [4.78, 5) is 14.4. The Balaban J connectivity index is 3.41. The number of hydrogen-bond donors (Lipinski definition) is 1. The molecular weight excluding hydrogens is 223 g/mol. The van der Waals surface area contributed by atoms with E-state index in [1.54, 1.807) is 0 Å². The van der Waals surface area contributed by atoms with E-state index in [9.17, 15) is 18.0 Å². The topological polar surface area (TPSA) is 50.2 Å². The molecule has 0 saturated carbocycles. The highest BCUT2D eigenvalue weighted by Gasteiger charge is 2.41. The standard InChI is InChI=1S/C10H10F3NO2/c1-9(2,8(15)16)7-6(10(11,12)13)4-3-5-14-7/h3-5H,1-2H3,(H,15,16). The molecule has 3 nitrogen and oxygen atoms in total. The van der Waals surface area contributed by atoms with Crippen LogP contribution >= 0.6 is 0 Å². The molecular formula is C10H10F3NO2. The van der Waals surface area contributed by atoms with Gasteiger partial charge in [-0.3, -0.25) is 9.78 Å². The molecule has 0 spiro atoms. The SMILES string of the molecule is CC(C)(C(=O)O)c1ncccc1C(F)(F)F. The number of carboxylic acids is 1. The first-order valence-electron chi connectivity index (χ1n) is 4.43.